The van der Waals surface area contributed by atoms with Crippen LogP contribution in [-0.2, 0) is 0 Å². The largest absolute Gasteiger partial charge is 0.369 e. The molecule has 1 rings (SSSR count). The molecule has 0 aliphatic carbocycles. The van der Waals surface area contributed by atoms with Gasteiger partial charge in [-0.05, 0) is 52.5 Å². The molecule has 1 saturated heterocycles. The smallest absolute Gasteiger partial charge is 0.0381 e. The normalized spacial score (nSPS) is 19.7. The molecule has 0 spiro atoms. The molecule has 0 N–H and O–H groups in total. The maximum Gasteiger partial charge on any atom is 0.0381 e. The number of rotatable bonds is 1. The van der Waals surface area contributed by atoms with Crippen molar-refractivity contribution >= 4 is 0 Å². The molecule has 1 heterocycles. The van der Waals surface area contributed by atoms with Gasteiger partial charge in [0.05, 0.1) is 0 Å². The number of allylic oxidation sites excluding steroid dienone is 2. The van der Waals surface area contributed by atoms with Crippen molar-refractivity contribution < 1.29 is 0 Å². The number of hydrogen-bond donors (Lipinski definition) is 0. The van der Waals surface area contributed by atoms with Gasteiger partial charge in [0.15, 0.2) is 0 Å². The molecule has 17 heavy (non-hydrogen) atoms. The first-order chi connectivity index (χ1) is 8.04. The molecule has 98 valence electrons. The molecule has 0 bridgehead atoms. The van der Waals surface area contributed by atoms with Crippen LogP contribution in [0.3, 0.4) is 0 Å². The van der Waals surface area contributed by atoms with Crippen LogP contribution in [-0.4, -0.2) is 17.5 Å². The van der Waals surface area contributed by atoms with Gasteiger partial charge < -0.3 is 4.90 Å². The van der Waals surface area contributed by atoms with Gasteiger partial charge in [-0.2, -0.15) is 0 Å². The summed E-state index contributed by atoms with van der Waals surface area (Å²) in [4.78, 5) is 2.56. The fourth-order valence-electron chi connectivity index (χ4n) is 2.74. The van der Waals surface area contributed by atoms with E-state index in [9.17, 15) is 0 Å². The Bertz CT molecular complexity index is 282. The molecule has 0 unspecified atom stereocenters. The Hall–Kier alpha value is -0.720. The van der Waals surface area contributed by atoms with E-state index >= 15 is 0 Å². The SMILES string of the molecule is C=C1CCCCCCCN(C(C)C)C1=C(C)C. The summed E-state index contributed by atoms with van der Waals surface area (Å²) in [7, 11) is 0. The molecule has 0 aromatic rings. The van der Waals surface area contributed by atoms with Crippen LogP contribution in [0.25, 0.3) is 0 Å². The molecule has 0 radical (unpaired) electrons. The second-order valence-electron chi connectivity index (χ2n) is 5.76. The van der Waals surface area contributed by atoms with Crippen LogP contribution in [0.15, 0.2) is 23.4 Å². The van der Waals surface area contributed by atoms with E-state index in [4.69, 9.17) is 0 Å². The number of hydrogen-bond acceptors (Lipinski definition) is 1. The van der Waals surface area contributed by atoms with Crippen LogP contribution < -0.4 is 0 Å². The van der Waals surface area contributed by atoms with Gasteiger partial charge in [-0.15, -0.1) is 0 Å². The molecule has 0 aromatic heterocycles. The summed E-state index contributed by atoms with van der Waals surface area (Å²) in [6.45, 7) is 14.6. The summed E-state index contributed by atoms with van der Waals surface area (Å²) in [5.41, 5.74) is 4.20. The average Bonchev–Trinajstić information content (AvgIpc) is 2.25. The van der Waals surface area contributed by atoms with Crippen molar-refractivity contribution in [3.8, 4) is 0 Å². The summed E-state index contributed by atoms with van der Waals surface area (Å²) in [6.07, 6.45) is 7.94. The van der Waals surface area contributed by atoms with Gasteiger partial charge in [0, 0.05) is 18.3 Å². The molecule has 1 aliphatic heterocycles. The highest BCUT2D eigenvalue weighted by Crippen LogP contribution is 2.27. The first kappa shape index (κ1) is 14.3. The summed E-state index contributed by atoms with van der Waals surface area (Å²) in [5, 5.41) is 0. The van der Waals surface area contributed by atoms with Crippen LogP contribution in [0, 0.1) is 0 Å². The molecular formula is C16H29N. The molecule has 0 aromatic carbocycles. The van der Waals surface area contributed by atoms with Crippen molar-refractivity contribution in [2.24, 2.45) is 0 Å². The lowest BCUT2D eigenvalue weighted by Crippen LogP contribution is -2.32. The standard InChI is InChI=1S/C16H29N/c1-13(2)16-15(5)11-9-7-6-8-10-12-17(16)14(3)4/h14H,5-12H2,1-4H3. The van der Waals surface area contributed by atoms with Gasteiger partial charge in [0.2, 0.25) is 0 Å². The molecule has 0 atom stereocenters. The Morgan fingerprint density at radius 2 is 1.65 bits per heavy atom. The Morgan fingerprint density at radius 3 is 2.24 bits per heavy atom. The summed E-state index contributed by atoms with van der Waals surface area (Å²) in [6, 6.07) is 0.580. The lowest BCUT2D eigenvalue weighted by Gasteiger charge is -2.34. The third-order valence-corrected chi connectivity index (χ3v) is 3.60. The number of nitrogens with zero attached hydrogens (tertiary/aromatic N) is 1. The minimum atomic E-state index is 0.580. The van der Waals surface area contributed by atoms with E-state index in [0.29, 0.717) is 6.04 Å². The molecular weight excluding hydrogens is 206 g/mol. The van der Waals surface area contributed by atoms with E-state index in [-0.39, 0.29) is 0 Å². The van der Waals surface area contributed by atoms with Crippen LogP contribution in [0.4, 0.5) is 0 Å². The fraction of sp³-hybridized carbons (Fsp3) is 0.750. The van der Waals surface area contributed by atoms with Gasteiger partial charge in [-0.25, -0.2) is 0 Å². The average molecular weight is 235 g/mol. The fourth-order valence-corrected chi connectivity index (χ4v) is 2.74. The van der Waals surface area contributed by atoms with E-state index in [0.717, 1.165) is 0 Å². The van der Waals surface area contributed by atoms with Gasteiger partial charge >= 0.3 is 0 Å². The van der Waals surface area contributed by atoms with Crippen molar-refractivity contribution in [1.29, 1.82) is 0 Å². The van der Waals surface area contributed by atoms with Crippen molar-refractivity contribution in [3.63, 3.8) is 0 Å². The Morgan fingerprint density at radius 1 is 1.06 bits per heavy atom. The van der Waals surface area contributed by atoms with Crippen molar-refractivity contribution in [1.82, 2.24) is 4.90 Å². The maximum absolute atomic E-state index is 4.32. The highest BCUT2D eigenvalue weighted by atomic mass is 15.2. The predicted molar refractivity (Wildman–Crippen MR) is 77.1 cm³/mol. The molecule has 1 fully saturated rings. The first-order valence-electron chi connectivity index (χ1n) is 7.16. The summed E-state index contributed by atoms with van der Waals surface area (Å²) >= 11 is 0. The van der Waals surface area contributed by atoms with Crippen molar-refractivity contribution in [3.05, 3.63) is 23.4 Å². The van der Waals surface area contributed by atoms with Crippen LogP contribution >= 0.6 is 0 Å². The third kappa shape index (κ3) is 4.22. The van der Waals surface area contributed by atoms with Gasteiger partial charge in [-0.3, -0.25) is 0 Å². The highest BCUT2D eigenvalue weighted by molar-refractivity contribution is 5.31. The lowest BCUT2D eigenvalue weighted by atomic mass is 9.98. The molecule has 0 saturated carbocycles. The van der Waals surface area contributed by atoms with E-state index in [1.807, 2.05) is 0 Å². The van der Waals surface area contributed by atoms with E-state index in [1.165, 1.54) is 61.9 Å². The van der Waals surface area contributed by atoms with Crippen LogP contribution in [0.2, 0.25) is 0 Å². The quantitative estimate of drug-likeness (QED) is 0.625. The Labute approximate surface area is 108 Å². The zero-order valence-electron chi connectivity index (χ0n) is 12.2. The zero-order valence-corrected chi connectivity index (χ0v) is 12.2. The van der Waals surface area contributed by atoms with Gasteiger partial charge in [0.1, 0.15) is 0 Å². The highest BCUT2D eigenvalue weighted by Gasteiger charge is 2.17. The summed E-state index contributed by atoms with van der Waals surface area (Å²) in [5.74, 6) is 0. The van der Waals surface area contributed by atoms with E-state index in [1.54, 1.807) is 0 Å². The van der Waals surface area contributed by atoms with Crippen LogP contribution in [0.1, 0.15) is 66.2 Å². The zero-order chi connectivity index (χ0) is 12.8. The Balaban J connectivity index is 2.92. The molecule has 1 nitrogen and oxygen atoms in total. The van der Waals surface area contributed by atoms with Crippen molar-refractivity contribution in [2.45, 2.75) is 72.3 Å². The minimum Gasteiger partial charge on any atom is -0.369 e. The second-order valence-corrected chi connectivity index (χ2v) is 5.76. The molecule has 1 aliphatic rings. The summed E-state index contributed by atoms with van der Waals surface area (Å²) < 4.78 is 0. The topological polar surface area (TPSA) is 3.24 Å². The van der Waals surface area contributed by atoms with E-state index < -0.39 is 0 Å². The lowest BCUT2D eigenvalue weighted by molar-refractivity contribution is 0.274. The second kappa shape index (κ2) is 6.88. The van der Waals surface area contributed by atoms with Gasteiger partial charge in [-0.1, -0.05) is 31.4 Å². The maximum atomic E-state index is 4.32. The Kier molecular flexibility index (Phi) is 5.80. The monoisotopic (exact) mass is 235 g/mol. The van der Waals surface area contributed by atoms with Gasteiger partial charge in [0.25, 0.3) is 0 Å². The van der Waals surface area contributed by atoms with Crippen LogP contribution in [0.5, 0.6) is 0 Å². The third-order valence-electron chi connectivity index (χ3n) is 3.60. The molecule has 0 amide bonds. The van der Waals surface area contributed by atoms with Crippen molar-refractivity contribution in [2.75, 3.05) is 6.54 Å². The minimum absolute atomic E-state index is 0.580. The predicted octanol–water partition coefficient (Wildman–Crippen LogP) is 4.90. The first-order valence-corrected chi connectivity index (χ1v) is 7.16. The van der Waals surface area contributed by atoms with E-state index in [2.05, 4.69) is 39.2 Å². The molecule has 1 heteroatoms.